The minimum atomic E-state index is 0.0131. The molecule has 0 unspecified atom stereocenters. The van der Waals surface area contributed by atoms with Crippen molar-refractivity contribution in [1.82, 2.24) is 14.8 Å². The van der Waals surface area contributed by atoms with Gasteiger partial charge in [-0.2, -0.15) is 0 Å². The molecule has 2 rings (SSSR count). The van der Waals surface area contributed by atoms with Crippen molar-refractivity contribution in [1.29, 1.82) is 0 Å². The van der Waals surface area contributed by atoms with E-state index >= 15 is 0 Å². The minimum Gasteiger partial charge on any atom is -0.358 e. The Bertz CT molecular complexity index is 645. The van der Waals surface area contributed by atoms with Crippen molar-refractivity contribution in [3.8, 4) is 10.6 Å². The van der Waals surface area contributed by atoms with Crippen LogP contribution in [-0.4, -0.2) is 20.8 Å². The summed E-state index contributed by atoms with van der Waals surface area (Å²) < 4.78 is 1.80. The monoisotopic (exact) mass is 292 g/mol. The predicted octanol–water partition coefficient (Wildman–Crippen LogP) is 2.91. The van der Waals surface area contributed by atoms with Crippen LogP contribution in [0.3, 0.4) is 0 Å². The second-order valence-corrected chi connectivity index (χ2v) is 6.03. The Morgan fingerprint density at radius 2 is 2.10 bits per heavy atom. The van der Waals surface area contributed by atoms with Gasteiger partial charge in [0.05, 0.1) is 5.56 Å². The molecule has 0 aliphatic heterocycles. The third-order valence-corrected chi connectivity index (χ3v) is 3.80. The summed E-state index contributed by atoms with van der Waals surface area (Å²) in [5, 5.41) is 12.8. The van der Waals surface area contributed by atoms with E-state index in [0.29, 0.717) is 16.6 Å². The van der Waals surface area contributed by atoms with E-state index < -0.39 is 0 Å². The van der Waals surface area contributed by atoms with Gasteiger partial charge in [-0.15, -0.1) is 10.2 Å². The van der Waals surface area contributed by atoms with E-state index in [1.807, 2.05) is 32.9 Å². The standard InChI is InChI=1S/C14H20N4OS/c1-5-8-18-10(4)6-7-11(13(18)19)12-16-17-14(20-12)15-9(2)3/h6-7,9H,5,8H2,1-4H3,(H,15,17). The number of aromatic nitrogens is 3. The number of rotatable bonds is 5. The lowest BCUT2D eigenvalue weighted by Crippen LogP contribution is -2.23. The molecule has 2 heterocycles. The Balaban J connectivity index is 2.40. The zero-order chi connectivity index (χ0) is 14.7. The fourth-order valence-corrected chi connectivity index (χ4v) is 2.88. The number of hydrogen-bond acceptors (Lipinski definition) is 5. The summed E-state index contributed by atoms with van der Waals surface area (Å²) in [7, 11) is 0. The Hall–Kier alpha value is -1.69. The van der Waals surface area contributed by atoms with Crippen LogP contribution in [0.5, 0.6) is 0 Å². The summed E-state index contributed by atoms with van der Waals surface area (Å²) >= 11 is 1.41. The highest BCUT2D eigenvalue weighted by atomic mass is 32.1. The predicted molar refractivity (Wildman–Crippen MR) is 83.4 cm³/mol. The van der Waals surface area contributed by atoms with Gasteiger partial charge < -0.3 is 9.88 Å². The number of nitrogens with zero attached hydrogens (tertiary/aromatic N) is 3. The Morgan fingerprint density at radius 1 is 1.35 bits per heavy atom. The van der Waals surface area contributed by atoms with Crippen LogP contribution in [0.15, 0.2) is 16.9 Å². The molecule has 0 aromatic carbocycles. The van der Waals surface area contributed by atoms with Crippen LogP contribution in [0.4, 0.5) is 5.13 Å². The lowest BCUT2D eigenvalue weighted by molar-refractivity contribution is 0.636. The summed E-state index contributed by atoms with van der Waals surface area (Å²) in [4.78, 5) is 12.5. The van der Waals surface area contributed by atoms with Gasteiger partial charge in [0.25, 0.3) is 5.56 Å². The molecule has 5 nitrogen and oxygen atoms in total. The van der Waals surface area contributed by atoms with Crippen LogP contribution in [0.2, 0.25) is 0 Å². The molecular weight excluding hydrogens is 272 g/mol. The van der Waals surface area contributed by atoms with Crippen LogP contribution in [-0.2, 0) is 6.54 Å². The minimum absolute atomic E-state index is 0.0131. The first kappa shape index (κ1) is 14.7. The SMILES string of the molecule is CCCn1c(C)ccc(-c2nnc(NC(C)C)s2)c1=O. The number of hydrogen-bond donors (Lipinski definition) is 1. The highest BCUT2D eigenvalue weighted by Gasteiger charge is 2.13. The first-order chi connectivity index (χ1) is 9.52. The van der Waals surface area contributed by atoms with Crippen LogP contribution in [0.1, 0.15) is 32.9 Å². The average molecular weight is 292 g/mol. The molecule has 108 valence electrons. The molecule has 0 atom stereocenters. The molecule has 2 aromatic rings. The van der Waals surface area contributed by atoms with E-state index in [1.54, 1.807) is 4.57 Å². The summed E-state index contributed by atoms with van der Waals surface area (Å²) in [6, 6.07) is 4.10. The van der Waals surface area contributed by atoms with Gasteiger partial charge in [0.2, 0.25) is 5.13 Å². The van der Waals surface area contributed by atoms with Gasteiger partial charge in [0, 0.05) is 18.3 Å². The molecule has 6 heteroatoms. The molecule has 0 spiro atoms. The number of anilines is 1. The molecule has 1 N–H and O–H groups in total. The zero-order valence-electron chi connectivity index (χ0n) is 12.3. The molecule has 0 saturated carbocycles. The zero-order valence-corrected chi connectivity index (χ0v) is 13.1. The summed E-state index contributed by atoms with van der Waals surface area (Å²) in [6.07, 6.45) is 0.931. The average Bonchev–Trinajstić information content (AvgIpc) is 2.82. The van der Waals surface area contributed by atoms with Crippen LogP contribution >= 0.6 is 11.3 Å². The van der Waals surface area contributed by atoms with E-state index in [4.69, 9.17) is 0 Å². The second-order valence-electron chi connectivity index (χ2n) is 5.06. The second kappa shape index (κ2) is 6.17. The van der Waals surface area contributed by atoms with E-state index in [2.05, 4.69) is 22.4 Å². The first-order valence-corrected chi connectivity index (χ1v) is 7.65. The van der Waals surface area contributed by atoms with Crippen molar-refractivity contribution in [3.63, 3.8) is 0 Å². The van der Waals surface area contributed by atoms with Crippen molar-refractivity contribution in [2.24, 2.45) is 0 Å². The van der Waals surface area contributed by atoms with Gasteiger partial charge in [-0.1, -0.05) is 18.3 Å². The summed E-state index contributed by atoms with van der Waals surface area (Å²) in [5.41, 5.74) is 1.61. The maximum absolute atomic E-state index is 12.5. The maximum Gasteiger partial charge on any atom is 0.261 e. The molecule has 0 aliphatic rings. The largest absolute Gasteiger partial charge is 0.358 e. The van der Waals surface area contributed by atoms with Crippen LogP contribution < -0.4 is 10.9 Å². The van der Waals surface area contributed by atoms with E-state index in [9.17, 15) is 4.79 Å². The van der Waals surface area contributed by atoms with Gasteiger partial charge in [0.1, 0.15) is 0 Å². The van der Waals surface area contributed by atoms with E-state index in [1.165, 1.54) is 11.3 Å². The van der Waals surface area contributed by atoms with Crippen molar-refractivity contribution >= 4 is 16.5 Å². The fourth-order valence-electron chi connectivity index (χ4n) is 1.97. The van der Waals surface area contributed by atoms with Crippen LogP contribution in [0, 0.1) is 6.92 Å². The number of pyridine rings is 1. The Kier molecular flexibility index (Phi) is 4.54. The van der Waals surface area contributed by atoms with E-state index in [-0.39, 0.29) is 5.56 Å². The van der Waals surface area contributed by atoms with E-state index in [0.717, 1.165) is 23.8 Å². The molecule has 0 amide bonds. The third kappa shape index (κ3) is 3.07. The number of aryl methyl sites for hydroxylation is 1. The topological polar surface area (TPSA) is 59.8 Å². The first-order valence-electron chi connectivity index (χ1n) is 6.83. The highest BCUT2D eigenvalue weighted by molar-refractivity contribution is 7.18. The van der Waals surface area contributed by atoms with Gasteiger partial charge in [-0.05, 0) is 39.3 Å². The molecular formula is C14H20N4OS. The smallest absolute Gasteiger partial charge is 0.261 e. The van der Waals surface area contributed by atoms with Crippen molar-refractivity contribution in [2.45, 2.75) is 46.7 Å². The van der Waals surface area contributed by atoms with Crippen molar-refractivity contribution < 1.29 is 0 Å². The van der Waals surface area contributed by atoms with Gasteiger partial charge in [-0.3, -0.25) is 4.79 Å². The third-order valence-electron chi connectivity index (χ3n) is 2.91. The van der Waals surface area contributed by atoms with Crippen LogP contribution in [0.25, 0.3) is 10.6 Å². The van der Waals surface area contributed by atoms with Gasteiger partial charge in [0.15, 0.2) is 5.01 Å². The van der Waals surface area contributed by atoms with Crippen molar-refractivity contribution in [2.75, 3.05) is 5.32 Å². The summed E-state index contributed by atoms with van der Waals surface area (Å²) in [5.74, 6) is 0. The summed E-state index contributed by atoms with van der Waals surface area (Å²) in [6.45, 7) is 8.83. The quantitative estimate of drug-likeness (QED) is 0.920. The fraction of sp³-hybridized carbons (Fsp3) is 0.500. The lowest BCUT2D eigenvalue weighted by atomic mass is 10.2. The lowest BCUT2D eigenvalue weighted by Gasteiger charge is -2.09. The van der Waals surface area contributed by atoms with Gasteiger partial charge >= 0.3 is 0 Å². The molecule has 0 saturated heterocycles. The van der Waals surface area contributed by atoms with Gasteiger partial charge in [-0.25, -0.2) is 0 Å². The normalized spacial score (nSPS) is 11.1. The molecule has 0 aliphatic carbocycles. The maximum atomic E-state index is 12.5. The molecule has 0 bridgehead atoms. The highest BCUT2D eigenvalue weighted by Crippen LogP contribution is 2.24. The molecule has 2 aromatic heterocycles. The Morgan fingerprint density at radius 3 is 2.75 bits per heavy atom. The Labute approximate surface area is 122 Å². The molecule has 0 radical (unpaired) electrons. The van der Waals surface area contributed by atoms with Crippen molar-refractivity contribution in [3.05, 3.63) is 28.2 Å². The molecule has 0 fully saturated rings. The number of nitrogens with one attached hydrogen (secondary N) is 1. The molecule has 20 heavy (non-hydrogen) atoms.